The minimum Gasteiger partial charge on any atom is -0.368 e. The largest absolute Gasteiger partial charge is 0.368 e. The van der Waals surface area contributed by atoms with Crippen LogP contribution in [-0.2, 0) is 14.6 Å². The van der Waals surface area contributed by atoms with Crippen molar-refractivity contribution in [2.45, 2.75) is 12.5 Å². The number of benzene rings is 1. The highest BCUT2D eigenvalue weighted by Gasteiger charge is 2.22. The normalized spacial score (nSPS) is 13.4. The molecule has 0 aliphatic heterocycles. The molecule has 112 valence electrons. The molecule has 0 aliphatic carbocycles. The van der Waals surface area contributed by atoms with Gasteiger partial charge in [-0.25, -0.2) is 8.42 Å². The van der Waals surface area contributed by atoms with Crippen LogP contribution in [0.4, 0.5) is 0 Å². The summed E-state index contributed by atoms with van der Waals surface area (Å²) < 4.78 is 23.1. The van der Waals surface area contributed by atoms with Crippen LogP contribution in [0.5, 0.6) is 0 Å². The molecule has 0 heterocycles. The van der Waals surface area contributed by atoms with Crippen molar-refractivity contribution in [1.82, 2.24) is 4.90 Å². The molecular weight excluding hydrogens is 344 g/mol. The highest BCUT2D eigenvalue weighted by Crippen LogP contribution is 2.22. The second kappa shape index (κ2) is 7.19. The number of nitrogens with two attached hydrogens (primary N) is 1. The Hall–Kier alpha value is -0.920. The molecule has 2 N–H and O–H groups in total. The van der Waals surface area contributed by atoms with Gasteiger partial charge in [0.15, 0.2) is 0 Å². The molecule has 0 bridgehead atoms. The van der Waals surface area contributed by atoms with Crippen molar-refractivity contribution in [2.75, 3.05) is 25.6 Å². The second-order valence-corrected chi connectivity index (χ2v) is 8.00. The van der Waals surface area contributed by atoms with E-state index >= 15 is 0 Å². The fourth-order valence-electron chi connectivity index (χ4n) is 2.02. The molecule has 0 unspecified atom stereocenters. The van der Waals surface area contributed by atoms with Gasteiger partial charge in [-0.05, 0) is 37.7 Å². The summed E-state index contributed by atoms with van der Waals surface area (Å²) in [5, 5.41) is 0. The molecule has 0 aromatic heterocycles. The van der Waals surface area contributed by atoms with Gasteiger partial charge in [-0.3, -0.25) is 9.69 Å². The zero-order chi connectivity index (χ0) is 15.3. The Morgan fingerprint density at radius 2 is 2.10 bits per heavy atom. The van der Waals surface area contributed by atoms with E-state index in [-0.39, 0.29) is 5.75 Å². The lowest BCUT2D eigenvalue weighted by molar-refractivity contribution is -0.123. The van der Waals surface area contributed by atoms with E-state index in [0.717, 1.165) is 10.0 Å². The van der Waals surface area contributed by atoms with Crippen molar-refractivity contribution in [1.29, 1.82) is 0 Å². The second-order valence-electron chi connectivity index (χ2n) is 4.82. The Kier molecular flexibility index (Phi) is 6.16. The number of nitrogens with zero attached hydrogens (tertiary/aromatic N) is 1. The number of halogens is 1. The zero-order valence-electron chi connectivity index (χ0n) is 11.5. The molecule has 1 atom stereocenters. The molecule has 0 aliphatic rings. The molecule has 1 aromatic carbocycles. The summed E-state index contributed by atoms with van der Waals surface area (Å²) in [4.78, 5) is 13.4. The lowest BCUT2D eigenvalue weighted by atomic mass is 10.1. The van der Waals surface area contributed by atoms with Crippen molar-refractivity contribution in [3.8, 4) is 0 Å². The summed E-state index contributed by atoms with van der Waals surface area (Å²) in [7, 11) is -1.22. The first kappa shape index (κ1) is 17.1. The molecule has 0 saturated carbocycles. The van der Waals surface area contributed by atoms with Gasteiger partial charge in [-0.15, -0.1) is 0 Å². The number of hydrogen-bond acceptors (Lipinski definition) is 4. The number of primary amides is 1. The number of rotatable bonds is 7. The number of carbonyl (C=O) groups excluding carboxylic acids is 1. The molecule has 1 amide bonds. The summed E-state index contributed by atoms with van der Waals surface area (Å²) in [6.07, 6.45) is 1.67. The molecule has 0 fully saturated rings. The highest BCUT2D eigenvalue weighted by atomic mass is 79.9. The van der Waals surface area contributed by atoms with E-state index in [1.165, 1.54) is 6.26 Å². The van der Waals surface area contributed by atoms with Gasteiger partial charge in [0.2, 0.25) is 5.91 Å². The lowest BCUT2D eigenvalue weighted by Crippen LogP contribution is -2.36. The van der Waals surface area contributed by atoms with Crippen LogP contribution < -0.4 is 5.73 Å². The third kappa shape index (κ3) is 5.60. The molecule has 20 heavy (non-hydrogen) atoms. The van der Waals surface area contributed by atoms with Gasteiger partial charge < -0.3 is 5.73 Å². The van der Waals surface area contributed by atoms with Crippen LogP contribution in [-0.4, -0.2) is 44.8 Å². The van der Waals surface area contributed by atoms with Gasteiger partial charge in [-0.2, -0.15) is 0 Å². The Labute approximate surface area is 128 Å². The van der Waals surface area contributed by atoms with E-state index in [9.17, 15) is 13.2 Å². The van der Waals surface area contributed by atoms with Crippen molar-refractivity contribution < 1.29 is 13.2 Å². The summed E-state index contributed by atoms with van der Waals surface area (Å²) in [5.74, 6) is -0.355. The fraction of sp³-hybridized carbons (Fsp3) is 0.462. The SMILES string of the molecule is CN(CCCS(C)(=O)=O)[C@@H](C(N)=O)c1cccc(Br)c1. The molecule has 0 radical (unpaired) electrons. The molecular formula is C13H19BrN2O3S. The first-order valence-corrected chi connectivity index (χ1v) is 8.99. The standard InChI is InChI=1S/C13H19BrN2O3S/c1-16(7-4-8-20(2,18)19)12(13(15)17)10-5-3-6-11(14)9-10/h3,5-6,9,12H,4,7-8H2,1-2H3,(H2,15,17)/t12-/m1/s1. The van der Waals surface area contributed by atoms with E-state index < -0.39 is 21.8 Å². The van der Waals surface area contributed by atoms with Crippen molar-refractivity contribution in [3.63, 3.8) is 0 Å². The Balaban J connectivity index is 2.78. The molecule has 1 aromatic rings. The van der Waals surface area contributed by atoms with Crippen molar-refractivity contribution in [3.05, 3.63) is 34.3 Å². The van der Waals surface area contributed by atoms with E-state index in [0.29, 0.717) is 13.0 Å². The summed E-state index contributed by atoms with van der Waals surface area (Å²) >= 11 is 3.36. The van der Waals surface area contributed by atoms with Crippen molar-refractivity contribution in [2.24, 2.45) is 5.73 Å². The first-order chi connectivity index (χ1) is 9.20. The average Bonchev–Trinajstić information content (AvgIpc) is 2.26. The Bertz CT molecular complexity index is 575. The number of carbonyl (C=O) groups is 1. The lowest BCUT2D eigenvalue weighted by Gasteiger charge is -2.25. The minimum absolute atomic E-state index is 0.0985. The van der Waals surface area contributed by atoms with Gasteiger partial charge in [0.1, 0.15) is 15.9 Å². The van der Waals surface area contributed by atoms with Crippen LogP contribution in [0.25, 0.3) is 0 Å². The van der Waals surface area contributed by atoms with Crippen LogP contribution in [0, 0.1) is 0 Å². The quantitative estimate of drug-likeness (QED) is 0.793. The number of sulfone groups is 1. The number of hydrogen-bond donors (Lipinski definition) is 1. The summed E-state index contributed by atoms with van der Waals surface area (Å²) in [5.41, 5.74) is 6.25. The fourth-order valence-corrected chi connectivity index (χ4v) is 3.09. The van der Waals surface area contributed by atoms with Crippen LogP contribution >= 0.6 is 15.9 Å². The van der Waals surface area contributed by atoms with Crippen molar-refractivity contribution >= 4 is 31.7 Å². The smallest absolute Gasteiger partial charge is 0.239 e. The van der Waals surface area contributed by atoms with Crippen LogP contribution in [0.1, 0.15) is 18.0 Å². The highest BCUT2D eigenvalue weighted by molar-refractivity contribution is 9.10. The molecule has 5 nitrogen and oxygen atoms in total. The molecule has 7 heteroatoms. The van der Waals surface area contributed by atoms with E-state index in [2.05, 4.69) is 15.9 Å². The maximum Gasteiger partial charge on any atom is 0.239 e. The topological polar surface area (TPSA) is 80.5 Å². The minimum atomic E-state index is -2.99. The third-order valence-electron chi connectivity index (χ3n) is 2.90. The molecule has 0 spiro atoms. The van der Waals surface area contributed by atoms with E-state index in [1.807, 2.05) is 24.3 Å². The molecule has 0 saturated heterocycles. The first-order valence-electron chi connectivity index (χ1n) is 6.13. The predicted octanol–water partition coefficient (Wildman–Crippen LogP) is 1.34. The average molecular weight is 363 g/mol. The maximum atomic E-state index is 11.7. The summed E-state index contributed by atoms with van der Waals surface area (Å²) in [6, 6.07) is 6.80. The Morgan fingerprint density at radius 1 is 1.45 bits per heavy atom. The van der Waals surface area contributed by atoms with Gasteiger partial charge in [-0.1, -0.05) is 28.1 Å². The van der Waals surface area contributed by atoms with E-state index in [1.54, 1.807) is 11.9 Å². The van der Waals surface area contributed by atoms with Crippen LogP contribution in [0.3, 0.4) is 0 Å². The van der Waals surface area contributed by atoms with E-state index in [4.69, 9.17) is 5.73 Å². The Morgan fingerprint density at radius 3 is 2.60 bits per heavy atom. The third-order valence-corrected chi connectivity index (χ3v) is 4.42. The summed E-state index contributed by atoms with van der Waals surface area (Å²) in [6.45, 7) is 0.479. The zero-order valence-corrected chi connectivity index (χ0v) is 13.9. The number of likely N-dealkylation sites (N-methyl/N-ethyl adjacent to an activating group) is 1. The number of amides is 1. The van der Waals surface area contributed by atoms with Crippen LogP contribution in [0.2, 0.25) is 0 Å². The van der Waals surface area contributed by atoms with Gasteiger partial charge >= 0.3 is 0 Å². The maximum absolute atomic E-state index is 11.7. The van der Waals surface area contributed by atoms with Gasteiger partial charge in [0, 0.05) is 10.7 Å². The van der Waals surface area contributed by atoms with Gasteiger partial charge in [0.05, 0.1) is 5.75 Å². The van der Waals surface area contributed by atoms with Crippen LogP contribution in [0.15, 0.2) is 28.7 Å². The monoisotopic (exact) mass is 362 g/mol. The molecule has 1 rings (SSSR count). The predicted molar refractivity (Wildman–Crippen MR) is 83.0 cm³/mol. The van der Waals surface area contributed by atoms with Gasteiger partial charge in [0.25, 0.3) is 0 Å².